The number of hydrogen-bond acceptors (Lipinski definition) is 2. The molecule has 0 saturated carbocycles. The number of carbonyl (C=O) groups is 1. The first-order valence-corrected chi connectivity index (χ1v) is 4.01. The van der Waals surface area contributed by atoms with Gasteiger partial charge in [-0.1, -0.05) is 6.92 Å². The highest BCUT2D eigenvalue weighted by atomic mass is 19.3. The van der Waals surface area contributed by atoms with Gasteiger partial charge in [0, 0.05) is 12.6 Å². The molecule has 0 atom stereocenters. The van der Waals surface area contributed by atoms with E-state index in [0.717, 1.165) is 0 Å². The highest BCUT2D eigenvalue weighted by molar-refractivity contribution is 5.96. The van der Waals surface area contributed by atoms with E-state index < -0.39 is 12.1 Å². The van der Waals surface area contributed by atoms with Crippen molar-refractivity contribution < 1.29 is 13.6 Å². The summed E-state index contributed by atoms with van der Waals surface area (Å²) in [5.74, 6) is -0.286. The molecule has 0 unspecified atom stereocenters. The summed E-state index contributed by atoms with van der Waals surface area (Å²) >= 11 is 0. The third kappa shape index (κ3) is 2.11. The molecule has 0 saturated heterocycles. The molecule has 5 heteroatoms. The molecule has 0 amide bonds. The van der Waals surface area contributed by atoms with Crippen molar-refractivity contribution in [3.05, 3.63) is 17.5 Å². The Balaban J connectivity index is 2.87. The number of aromatic nitrogens is 2. The van der Waals surface area contributed by atoms with Gasteiger partial charge < -0.3 is 0 Å². The Morgan fingerprint density at radius 1 is 1.69 bits per heavy atom. The van der Waals surface area contributed by atoms with E-state index in [9.17, 15) is 13.6 Å². The van der Waals surface area contributed by atoms with Crippen molar-refractivity contribution in [2.24, 2.45) is 0 Å². The van der Waals surface area contributed by atoms with Crippen molar-refractivity contribution in [1.29, 1.82) is 0 Å². The predicted molar refractivity (Wildman–Crippen MR) is 42.8 cm³/mol. The summed E-state index contributed by atoms with van der Waals surface area (Å²) in [5, 5.41) is 5.59. The third-order valence-electron chi connectivity index (χ3n) is 1.65. The lowest BCUT2D eigenvalue weighted by molar-refractivity contribution is 0.0966. The van der Waals surface area contributed by atoms with Gasteiger partial charge in [0.1, 0.15) is 5.69 Å². The summed E-state index contributed by atoms with van der Waals surface area (Å²) in [5.41, 5.74) is -0.435. The second-order valence-electron chi connectivity index (χ2n) is 2.66. The molecule has 3 nitrogen and oxygen atoms in total. The van der Waals surface area contributed by atoms with Gasteiger partial charge in [-0.3, -0.25) is 9.89 Å². The molecule has 1 aromatic rings. The molecule has 0 spiro atoms. The topological polar surface area (TPSA) is 45.8 Å². The minimum Gasteiger partial charge on any atom is -0.294 e. The third-order valence-corrected chi connectivity index (χ3v) is 1.65. The first-order chi connectivity index (χ1) is 6.16. The van der Waals surface area contributed by atoms with E-state index in [1.807, 2.05) is 6.92 Å². The average molecular weight is 188 g/mol. The number of halogens is 2. The normalized spacial score (nSPS) is 10.8. The van der Waals surface area contributed by atoms with Crippen LogP contribution in [0.15, 0.2) is 6.20 Å². The lowest BCUT2D eigenvalue weighted by atomic mass is 10.1. The van der Waals surface area contributed by atoms with Crippen LogP contribution < -0.4 is 0 Å². The number of carbonyl (C=O) groups excluding carboxylic acids is 1. The summed E-state index contributed by atoms with van der Waals surface area (Å²) in [6.07, 6.45) is -0.548. The molecule has 1 rings (SSSR count). The van der Waals surface area contributed by atoms with Crippen LogP contribution in [0.25, 0.3) is 0 Å². The molecule has 1 aromatic heterocycles. The van der Waals surface area contributed by atoms with Crippen LogP contribution in [0.5, 0.6) is 0 Å². The maximum atomic E-state index is 12.2. The van der Waals surface area contributed by atoms with Gasteiger partial charge in [-0.2, -0.15) is 5.10 Å². The Morgan fingerprint density at radius 3 is 2.92 bits per heavy atom. The minimum atomic E-state index is -2.69. The smallest absolute Gasteiger partial charge is 0.282 e. The number of nitrogens with one attached hydrogen (secondary N) is 1. The molecule has 0 radical (unpaired) electrons. The molecule has 13 heavy (non-hydrogen) atoms. The lowest BCUT2D eigenvalue weighted by Gasteiger charge is -1.98. The zero-order valence-electron chi connectivity index (χ0n) is 7.18. The number of hydrogen-bond donors (Lipinski definition) is 1. The van der Waals surface area contributed by atoms with Crippen LogP contribution >= 0.6 is 0 Å². The molecule has 1 N–H and O–H groups in total. The van der Waals surface area contributed by atoms with Crippen LogP contribution in [0, 0.1) is 0 Å². The number of aromatic amines is 1. The van der Waals surface area contributed by atoms with E-state index in [1.165, 1.54) is 6.20 Å². The molecule has 0 aromatic carbocycles. The summed E-state index contributed by atoms with van der Waals surface area (Å²) in [6.45, 7) is 1.82. The zero-order chi connectivity index (χ0) is 9.84. The van der Waals surface area contributed by atoms with Gasteiger partial charge in [0.15, 0.2) is 5.78 Å². The van der Waals surface area contributed by atoms with Crippen LogP contribution in [0.4, 0.5) is 8.78 Å². The fourth-order valence-electron chi connectivity index (χ4n) is 1.05. The van der Waals surface area contributed by atoms with Crippen LogP contribution in [-0.4, -0.2) is 16.0 Å². The highest BCUT2D eigenvalue weighted by Crippen LogP contribution is 2.21. The summed E-state index contributed by atoms with van der Waals surface area (Å²) in [4.78, 5) is 11.2. The quantitative estimate of drug-likeness (QED) is 0.737. The average Bonchev–Trinajstić information content (AvgIpc) is 2.52. The van der Waals surface area contributed by atoms with Gasteiger partial charge in [0.2, 0.25) is 0 Å². The van der Waals surface area contributed by atoms with Gasteiger partial charge in [0.05, 0.1) is 5.56 Å². The number of ketones is 1. The lowest BCUT2D eigenvalue weighted by Crippen LogP contribution is -2.01. The number of rotatable bonds is 4. The molecule has 1 heterocycles. The predicted octanol–water partition coefficient (Wildman–Crippen LogP) is 2.33. The van der Waals surface area contributed by atoms with Crippen LogP contribution in [0.3, 0.4) is 0 Å². The van der Waals surface area contributed by atoms with Crippen molar-refractivity contribution in [2.45, 2.75) is 26.2 Å². The molecule has 0 fully saturated rings. The van der Waals surface area contributed by atoms with Gasteiger partial charge in [-0.05, 0) is 6.42 Å². The first kappa shape index (κ1) is 9.83. The molecule has 72 valence electrons. The summed E-state index contributed by atoms with van der Waals surface area (Å²) < 4.78 is 24.5. The fourth-order valence-corrected chi connectivity index (χ4v) is 1.05. The molecule has 0 aliphatic heterocycles. The number of Topliss-reactive ketones (excluding diaryl/α,β-unsaturated/α-hetero) is 1. The molecular weight excluding hydrogens is 178 g/mol. The molecule has 0 aliphatic carbocycles. The first-order valence-electron chi connectivity index (χ1n) is 4.01. The van der Waals surface area contributed by atoms with E-state index in [4.69, 9.17) is 0 Å². The van der Waals surface area contributed by atoms with E-state index >= 15 is 0 Å². The number of H-pyrrole nitrogens is 1. The van der Waals surface area contributed by atoms with Gasteiger partial charge >= 0.3 is 0 Å². The van der Waals surface area contributed by atoms with Crippen LogP contribution in [0.2, 0.25) is 0 Å². The van der Waals surface area contributed by atoms with Crippen LogP contribution in [-0.2, 0) is 0 Å². The number of nitrogens with zero attached hydrogens (tertiary/aromatic N) is 1. The Hall–Kier alpha value is -1.26. The Bertz CT molecular complexity index is 296. The molecular formula is C8H10F2N2O. The van der Waals surface area contributed by atoms with Crippen molar-refractivity contribution in [3.8, 4) is 0 Å². The van der Waals surface area contributed by atoms with Crippen molar-refractivity contribution in [3.63, 3.8) is 0 Å². The van der Waals surface area contributed by atoms with Crippen molar-refractivity contribution >= 4 is 5.78 Å². The van der Waals surface area contributed by atoms with E-state index in [0.29, 0.717) is 6.42 Å². The number of alkyl halides is 2. The molecule has 0 bridgehead atoms. The van der Waals surface area contributed by atoms with Crippen molar-refractivity contribution in [2.75, 3.05) is 0 Å². The Morgan fingerprint density at radius 2 is 2.38 bits per heavy atom. The maximum Gasteiger partial charge on any atom is 0.282 e. The molecule has 0 aliphatic rings. The van der Waals surface area contributed by atoms with Crippen LogP contribution in [0.1, 0.15) is 42.2 Å². The van der Waals surface area contributed by atoms with E-state index in [2.05, 4.69) is 10.2 Å². The summed E-state index contributed by atoms with van der Waals surface area (Å²) in [6, 6.07) is 0. The minimum absolute atomic E-state index is 0.0110. The van der Waals surface area contributed by atoms with Gasteiger partial charge in [-0.25, -0.2) is 8.78 Å². The SMILES string of the molecule is CCCC(=O)c1c[nH]nc1C(F)F. The fraction of sp³-hybridized carbons (Fsp3) is 0.500. The van der Waals surface area contributed by atoms with Gasteiger partial charge in [-0.15, -0.1) is 0 Å². The largest absolute Gasteiger partial charge is 0.294 e. The second kappa shape index (κ2) is 4.11. The Labute approximate surface area is 74.1 Å². The van der Waals surface area contributed by atoms with E-state index in [-0.39, 0.29) is 17.8 Å². The van der Waals surface area contributed by atoms with E-state index in [1.54, 1.807) is 0 Å². The zero-order valence-corrected chi connectivity index (χ0v) is 7.18. The standard InChI is InChI=1S/C8H10F2N2O/c1-2-3-6(13)5-4-11-12-7(5)8(9)10/h4,8H,2-3H2,1H3,(H,11,12). The van der Waals surface area contributed by atoms with Crippen molar-refractivity contribution in [1.82, 2.24) is 10.2 Å². The maximum absolute atomic E-state index is 12.2. The van der Waals surface area contributed by atoms with Gasteiger partial charge in [0.25, 0.3) is 6.43 Å². The Kier molecular flexibility index (Phi) is 3.11. The second-order valence-corrected chi connectivity index (χ2v) is 2.66. The monoisotopic (exact) mass is 188 g/mol. The summed E-state index contributed by atoms with van der Waals surface area (Å²) in [7, 11) is 0. The highest BCUT2D eigenvalue weighted by Gasteiger charge is 2.20.